The van der Waals surface area contributed by atoms with Gasteiger partial charge in [-0.3, -0.25) is 9.89 Å². The van der Waals surface area contributed by atoms with Gasteiger partial charge in [-0.05, 0) is 13.8 Å². The van der Waals surface area contributed by atoms with Crippen molar-refractivity contribution in [3.05, 3.63) is 11.8 Å². The van der Waals surface area contributed by atoms with Crippen LogP contribution in [0.2, 0.25) is 0 Å². The summed E-state index contributed by atoms with van der Waals surface area (Å²) < 4.78 is 0. The van der Waals surface area contributed by atoms with Crippen LogP contribution in [0.1, 0.15) is 24.3 Å². The normalized spacial score (nSPS) is 10.7. The molecule has 0 unspecified atom stereocenters. The molecule has 0 aliphatic heterocycles. The number of nitrogens with two attached hydrogens (primary N) is 1. The number of nitrogens with one attached hydrogen (secondary N) is 1. The number of aliphatic hydroxyl groups is 1. The molecule has 0 spiro atoms. The van der Waals surface area contributed by atoms with Crippen LogP contribution in [0.15, 0.2) is 6.07 Å². The molecule has 1 aromatic heterocycles. The van der Waals surface area contributed by atoms with Crippen molar-refractivity contribution in [2.75, 3.05) is 18.9 Å². The molecule has 0 aliphatic carbocycles. The van der Waals surface area contributed by atoms with Crippen LogP contribution >= 0.6 is 0 Å². The van der Waals surface area contributed by atoms with E-state index in [4.69, 9.17) is 10.8 Å². The molecule has 1 amide bonds. The van der Waals surface area contributed by atoms with E-state index in [0.717, 1.165) is 0 Å². The second kappa shape index (κ2) is 4.79. The molecule has 4 N–H and O–H groups in total. The van der Waals surface area contributed by atoms with Crippen molar-refractivity contribution in [3.8, 4) is 0 Å². The maximum atomic E-state index is 11.9. The molecule has 6 nitrogen and oxygen atoms in total. The standard InChI is InChI=1S/C9H16N4O2/c1-6(2)13(3-4-14)9(15)7-5-8(10)12-11-7/h5-6,14H,3-4H2,1-2H3,(H3,10,11,12). The number of hydrogen-bond acceptors (Lipinski definition) is 4. The summed E-state index contributed by atoms with van der Waals surface area (Å²) in [6, 6.07) is 1.50. The van der Waals surface area contributed by atoms with Gasteiger partial charge in [0, 0.05) is 18.7 Å². The van der Waals surface area contributed by atoms with E-state index in [-0.39, 0.29) is 24.4 Å². The number of anilines is 1. The topological polar surface area (TPSA) is 95.2 Å². The fourth-order valence-corrected chi connectivity index (χ4v) is 1.30. The second-order valence-electron chi connectivity index (χ2n) is 3.52. The summed E-state index contributed by atoms with van der Waals surface area (Å²) in [6.07, 6.45) is 0. The molecule has 0 bridgehead atoms. The highest BCUT2D eigenvalue weighted by molar-refractivity contribution is 5.93. The Morgan fingerprint density at radius 3 is 2.80 bits per heavy atom. The predicted molar refractivity (Wildman–Crippen MR) is 56.3 cm³/mol. The third kappa shape index (κ3) is 2.69. The SMILES string of the molecule is CC(C)N(CCO)C(=O)c1cc(N)n[nH]1. The molecule has 0 atom stereocenters. The van der Waals surface area contributed by atoms with Crippen LogP contribution in [0.3, 0.4) is 0 Å². The number of hydrogen-bond donors (Lipinski definition) is 3. The molecular weight excluding hydrogens is 196 g/mol. The Hall–Kier alpha value is -1.56. The number of aliphatic hydroxyl groups excluding tert-OH is 1. The minimum Gasteiger partial charge on any atom is -0.395 e. The molecule has 0 aromatic carbocycles. The number of aromatic nitrogens is 2. The van der Waals surface area contributed by atoms with E-state index in [9.17, 15) is 4.79 Å². The fraction of sp³-hybridized carbons (Fsp3) is 0.556. The molecule has 15 heavy (non-hydrogen) atoms. The number of nitrogen functional groups attached to an aromatic ring is 1. The van der Waals surface area contributed by atoms with Crippen molar-refractivity contribution in [2.45, 2.75) is 19.9 Å². The van der Waals surface area contributed by atoms with Crippen LogP contribution in [-0.4, -0.2) is 45.3 Å². The Balaban J connectivity index is 2.80. The lowest BCUT2D eigenvalue weighted by molar-refractivity contribution is 0.0659. The van der Waals surface area contributed by atoms with Gasteiger partial charge >= 0.3 is 0 Å². The molecule has 6 heteroatoms. The first-order valence-electron chi connectivity index (χ1n) is 4.79. The van der Waals surface area contributed by atoms with E-state index in [1.807, 2.05) is 13.8 Å². The number of carbonyl (C=O) groups is 1. The van der Waals surface area contributed by atoms with Gasteiger partial charge in [-0.25, -0.2) is 0 Å². The maximum absolute atomic E-state index is 11.9. The van der Waals surface area contributed by atoms with Crippen molar-refractivity contribution in [3.63, 3.8) is 0 Å². The lowest BCUT2D eigenvalue weighted by Gasteiger charge is -2.25. The van der Waals surface area contributed by atoms with Gasteiger partial charge in [0.25, 0.3) is 5.91 Å². The molecule has 1 rings (SSSR count). The average Bonchev–Trinajstić information content (AvgIpc) is 2.59. The van der Waals surface area contributed by atoms with E-state index in [2.05, 4.69) is 10.2 Å². The summed E-state index contributed by atoms with van der Waals surface area (Å²) in [5, 5.41) is 15.1. The van der Waals surface area contributed by atoms with E-state index in [1.165, 1.54) is 6.07 Å². The predicted octanol–water partition coefficient (Wildman–Crippen LogP) is -0.165. The van der Waals surface area contributed by atoms with Crippen molar-refractivity contribution < 1.29 is 9.90 Å². The molecule has 1 aromatic rings. The number of aromatic amines is 1. The Morgan fingerprint density at radius 1 is 1.73 bits per heavy atom. The van der Waals surface area contributed by atoms with Crippen LogP contribution in [0.5, 0.6) is 0 Å². The fourth-order valence-electron chi connectivity index (χ4n) is 1.30. The van der Waals surface area contributed by atoms with Crippen LogP contribution < -0.4 is 5.73 Å². The Bertz CT molecular complexity index is 335. The average molecular weight is 212 g/mol. The molecule has 0 radical (unpaired) electrons. The summed E-state index contributed by atoms with van der Waals surface area (Å²) in [7, 11) is 0. The Kier molecular flexibility index (Phi) is 3.68. The smallest absolute Gasteiger partial charge is 0.272 e. The zero-order valence-corrected chi connectivity index (χ0v) is 8.90. The minimum atomic E-state index is -0.205. The third-order valence-electron chi connectivity index (χ3n) is 2.05. The summed E-state index contributed by atoms with van der Waals surface area (Å²) in [5.74, 6) is 0.0781. The van der Waals surface area contributed by atoms with Gasteiger partial charge in [-0.2, -0.15) is 5.10 Å². The molecule has 0 saturated carbocycles. The monoisotopic (exact) mass is 212 g/mol. The molecule has 1 heterocycles. The highest BCUT2D eigenvalue weighted by Gasteiger charge is 2.19. The Morgan fingerprint density at radius 2 is 2.40 bits per heavy atom. The molecule has 84 valence electrons. The molecule has 0 fully saturated rings. The molecular formula is C9H16N4O2. The lowest BCUT2D eigenvalue weighted by Crippen LogP contribution is -2.39. The second-order valence-corrected chi connectivity index (χ2v) is 3.52. The van der Waals surface area contributed by atoms with E-state index in [0.29, 0.717) is 12.2 Å². The van der Waals surface area contributed by atoms with Crippen LogP contribution in [0, 0.1) is 0 Å². The number of H-pyrrole nitrogens is 1. The van der Waals surface area contributed by atoms with Gasteiger partial charge in [0.2, 0.25) is 0 Å². The van der Waals surface area contributed by atoms with Crippen molar-refractivity contribution in [2.24, 2.45) is 0 Å². The zero-order chi connectivity index (χ0) is 11.4. The summed E-state index contributed by atoms with van der Waals surface area (Å²) >= 11 is 0. The van der Waals surface area contributed by atoms with Crippen LogP contribution in [0.4, 0.5) is 5.82 Å². The van der Waals surface area contributed by atoms with Crippen molar-refractivity contribution in [1.82, 2.24) is 15.1 Å². The number of amides is 1. The number of carbonyl (C=O) groups excluding carboxylic acids is 1. The van der Waals surface area contributed by atoms with Crippen LogP contribution in [-0.2, 0) is 0 Å². The third-order valence-corrected chi connectivity index (χ3v) is 2.05. The van der Waals surface area contributed by atoms with E-state index in [1.54, 1.807) is 4.90 Å². The molecule has 0 saturated heterocycles. The maximum Gasteiger partial charge on any atom is 0.272 e. The van der Waals surface area contributed by atoms with Crippen LogP contribution in [0.25, 0.3) is 0 Å². The van der Waals surface area contributed by atoms with E-state index >= 15 is 0 Å². The number of rotatable bonds is 4. The lowest BCUT2D eigenvalue weighted by atomic mass is 10.2. The molecule has 0 aliphatic rings. The van der Waals surface area contributed by atoms with Gasteiger partial charge in [0.05, 0.1) is 6.61 Å². The highest BCUT2D eigenvalue weighted by Crippen LogP contribution is 2.07. The van der Waals surface area contributed by atoms with Gasteiger partial charge < -0.3 is 15.7 Å². The zero-order valence-electron chi connectivity index (χ0n) is 8.90. The first-order valence-corrected chi connectivity index (χ1v) is 4.79. The summed E-state index contributed by atoms with van der Waals surface area (Å²) in [6.45, 7) is 4.00. The Labute approximate surface area is 88.1 Å². The highest BCUT2D eigenvalue weighted by atomic mass is 16.3. The van der Waals surface area contributed by atoms with Gasteiger partial charge in [0.1, 0.15) is 11.5 Å². The van der Waals surface area contributed by atoms with Crippen molar-refractivity contribution in [1.29, 1.82) is 0 Å². The van der Waals surface area contributed by atoms with Crippen molar-refractivity contribution >= 4 is 11.7 Å². The summed E-state index contributed by atoms with van der Waals surface area (Å²) in [5.41, 5.74) is 5.75. The van der Waals surface area contributed by atoms with E-state index < -0.39 is 0 Å². The summed E-state index contributed by atoms with van der Waals surface area (Å²) in [4.78, 5) is 13.4. The minimum absolute atomic E-state index is 0.0224. The number of nitrogens with zero attached hydrogens (tertiary/aromatic N) is 2. The van der Waals surface area contributed by atoms with Gasteiger partial charge in [-0.15, -0.1) is 0 Å². The van der Waals surface area contributed by atoms with Gasteiger partial charge in [-0.1, -0.05) is 0 Å². The first kappa shape index (κ1) is 11.5. The largest absolute Gasteiger partial charge is 0.395 e. The van der Waals surface area contributed by atoms with Gasteiger partial charge in [0.15, 0.2) is 0 Å². The first-order chi connectivity index (χ1) is 7.06. The quantitative estimate of drug-likeness (QED) is 0.646.